The molecule has 0 unspecified atom stereocenters. The highest BCUT2D eigenvalue weighted by molar-refractivity contribution is 6.31. The highest BCUT2D eigenvalue weighted by Crippen LogP contribution is 2.27. The first-order chi connectivity index (χ1) is 9.24. The number of nitrogens with zero attached hydrogens (tertiary/aromatic N) is 4. The molecule has 0 saturated heterocycles. The maximum absolute atomic E-state index is 6.07. The third-order valence-corrected chi connectivity index (χ3v) is 2.84. The van der Waals surface area contributed by atoms with Crippen LogP contribution in [0.3, 0.4) is 0 Å². The van der Waals surface area contributed by atoms with Crippen LogP contribution >= 0.6 is 11.6 Å². The molecule has 6 heteroatoms. The van der Waals surface area contributed by atoms with Crippen LogP contribution in [0.15, 0.2) is 41.1 Å². The third kappa shape index (κ3) is 2.32. The Kier molecular flexibility index (Phi) is 2.97. The Morgan fingerprint density at radius 2 is 1.95 bits per heavy atom. The van der Waals surface area contributed by atoms with Gasteiger partial charge in [-0.05, 0) is 31.2 Å². The van der Waals surface area contributed by atoms with E-state index in [1.807, 2.05) is 25.1 Å². The van der Waals surface area contributed by atoms with Crippen molar-refractivity contribution in [1.82, 2.24) is 20.2 Å². The topological polar surface area (TPSA) is 64.7 Å². The smallest absolute Gasteiger partial charge is 0.251 e. The minimum atomic E-state index is 0.344. The lowest BCUT2D eigenvalue weighted by molar-refractivity contribution is 0.584. The molecule has 0 amide bonds. The van der Waals surface area contributed by atoms with Crippen molar-refractivity contribution in [2.75, 3.05) is 0 Å². The summed E-state index contributed by atoms with van der Waals surface area (Å²) in [7, 11) is 0. The first-order valence-electron chi connectivity index (χ1n) is 5.61. The van der Waals surface area contributed by atoms with Gasteiger partial charge in [0.25, 0.3) is 5.89 Å². The molecule has 5 nitrogen and oxygen atoms in total. The first-order valence-corrected chi connectivity index (χ1v) is 5.99. The van der Waals surface area contributed by atoms with Gasteiger partial charge in [-0.2, -0.15) is 0 Å². The van der Waals surface area contributed by atoms with E-state index in [0.717, 1.165) is 11.3 Å². The van der Waals surface area contributed by atoms with E-state index in [0.29, 0.717) is 22.5 Å². The third-order valence-electron chi connectivity index (χ3n) is 2.55. The van der Waals surface area contributed by atoms with E-state index in [1.54, 1.807) is 18.5 Å². The molecule has 0 aliphatic rings. The van der Waals surface area contributed by atoms with Gasteiger partial charge in [-0.3, -0.25) is 4.98 Å². The summed E-state index contributed by atoms with van der Waals surface area (Å²) < 4.78 is 5.59. The summed E-state index contributed by atoms with van der Waals surface area (Å²) in [6, 6.07) is 7.30. The average molecular weight is 273 g/mol. The Hall–Kier alpha value is -2.27. The molecule has 3 rings (SSSR count). The molecule has 3 aromatic heterocycles. The van der Waals surface area contributed by atoms with E-state index in [-0.39, 0.29) is 0 Å². The summed E-state index contributed by atoms with van der Waals surface area (Å²) >= 11 is 6.07. The molecule has 3 aromatic rings. The monoisotopic (exact) mass is 272 g/mol. The molecule has 0 spiro atoms. The Morgan fingerprint density at radius 1 is 1.11 bits per heavy atom. The standard InChI is InChI=1S/C13H9ClN4O/c1-8-4-5-10(11(14)16-8)13-18-17-12(19-13)9-3-2-6-15-7-9/h2-7H,1H3. The van der Waals surface area contributed by atoms with E-state index in [4.69, 9.17) is 16.0 Å². The van der Waals surface area contributed by atoms with Crippen molar-refractivity contribution < 1.29 is 4.42 Å². The fourth-order valence-electron chi connectivity index (χ4n) is 1.62. The molecule has 0 bridgehead atoms. The molecule has 0 N–H and O–H groups in total. The zero-order valence-electron chi connectivity index (χ0n) is 10.0. The van der Waals surface area contributed by atoms with Gasteiger partial charge in [0.2, 0.25) is 5.89 Å². The first kappa shape index (κ1) is 11.8. The highest BCUT2D eigenvalue weighted by atomic mass is 35.5. The molecular weight excluding hydrogens is 264 g/mol. The fourth-order valence-corrected chi connectivity index (χ4v) is 1.90. The van der Waals surface area contributed by atoms with Crippen LogP contribution in [0.2, 0.25) is 5.15 Å². The van der Waals surface area contributed by atoms with Crippen LogP contribution in [-0.2, 0) is 0 Å². The van der Waals surface area contributed by atoms with Gasteiger partial charge < -0.3 is 4.42 Å². The second-order valence-electron chi connectivity index (χ2n) is 3.95. The highest BCUT2D eigenvalue weighted by Gasteiger charge is 2.14. The van der Waals surface area contributed by atoms with Crippen molar-refractivity contribution in [3.8, 4) is 22.9 Å². The molecule has 0 aliphatic heterocycles. The molecule has 3 heterocycles. The summed E-state index contributed by atoms with van der Waals surface area (Å²) in [6.07, 6.45) is 3.34. The Bertz CT molecular complexity index is 712. The van der Waals surface area contributed by atoms with Gasteiger partial charge in [0.1, 0.15) is 5.15 Å². The maximum atomic E-state index is 6.07. The Morgan fingerprint density at radius 3 is 2.68 bits per heavy atom. The van der Waals surface area contributed by atoms with Crippen LogP contribution in [0.25, 0.3) is 22.9 Å². The van der Waals surface area contributed by atoms with Gasteiger partial charge in [-0.15, -0.1) is 10.2 Å². The molecule has 94 valence electrons. The predicted octanol–water partition coefficient (Wildman–Crippen LogP) is 3.16. The van der Waals surface area contributed by atoms with Crippen LogP contribution < -0.4 is 0 Å². The second kappa shape index (κ2) is 4.78. The van der Waals surface area contributed by atoms with Crippen LogP contribution in [0.4, 0.5) is 0 Å². The van der Waals surface area contributed by atoms with Crippen molar-refractivity contribution in [1.29, 1.82) is 0 Å². The molecule has 19 heavy (non-hydrogen) atoms. The van der Waals surface area contributed by atoms with Crippen LogP contribution in [0.1, 0.15) is 5.69 Å². The summed E-state index contributed by atoms with van der Waals surface area (Å²) in [6.45, 7) is 1.87. The van der Waals surface area contributed by atoms with Crippen molar-refractivity contribution in [3.05, 3.63) is 47.5 Å². The number of aryl methyl sites for hydroxylation is 1. The lowest BCUT2D eigenvalue weighted by Gasteiger charge is -1.99. The molecule has 0 saturated carbocycles. The molecule has 0 atom stereocenters. The Labute approximate surface area is 114 Å². The van der Waals surface area contributed by atoms with Crippen molar-refractivity contribution >= 4 is 11.6 Å². The molecule has 0 radical (unpaired) electrons. The summed E-state index contributed by atoms with van der Waals surface area (Å²) in [5.41, 5.74) is 2.22. The Balaban J connectivity index is 2.02. The SMILES string of the molecule is Cc1ccc(-c2nnc(-c3cccnc3)o2)c(Cl)n1. The average Bonchev–Trinajstić information content (AvgIpc) is 2.89. The van der Waals surface area contributed by atoms with Gasteiger partial charge in [0, 0.05) is 18.1 Å². The molecule has 0 fully saturated rings. The number of hydrogen-bond acceptors (Lipinski definition) is 5. The van der Waals surface area contributed by atoms with Crippen molar-refractivity contribution in [3.63, 3.8) is 0 Å². The fraction of sp³-hybridized carbons (Fsp3) is 0.0769. The van der Waals surface area contributed by atoms with E-state index >= 15 is 0 Å². The predicted molar refractivity (Wildman–Crippen MR) is 70.5 cm³/mol. The van der Waals surface area contributed by atoms with Gasteiger partial charge in [0.05, 0.1) is 11.1 Å². The van der Waals surface area contributed by atoms with E-state index < -0.39 is 0 Å². The summed E-state index contributed by atoms with van der Waals surface area (Å²) in [5.74, 6) is 0.746. The minimum absolute atomic E-state index is 0.344. The van der Waals surface area contributed by atoms with Gasteiger partial charge in [0.15, 0.2) is 0 Å². The molecule has 0 aliphatic carbocycles. The van der Waals surface area contributed by atoms with E-state index in [2.05, 4.69) is 20.2 Å². The number of rotatable bonds is 2. The van der Waals surface area contributed by atoms with E-state index in [1.165, 1.54) is 0 Å². The zero-order valence-corrected chi connectivity index (χ0v) is 10.8. The normalized spacial score (nSPS) is 10.6. The zero-order chi connectivity index (χ0) is 13.2. The second-order valence-corrected chi connectivity index (χ2v) is 4.30. The lowest BCUT2D eigenvalue weighted by Crippen LogP contribution is -1.86. The maximum Gasteiger partial charge on any atom is 0.251 e. The molecular formula is C13H9ClN4O. The lowest BCUT2D eigenvalue weighted by atomic mass is 10.2. The van der Waals surface area contributed by atoms with Crippen LogP contribution in [-0.4, -0.2) is 20.2 Å². The van der Waals surface area contributed by atoms with Gasteiger partial charge >= 0.3 is 0 Å². The summed E-state index contributed by atoms with van der Waals surface area (Å²) in [5, 5.41) is 8.32. The number of pyridine rings is 2. The van der Waals surface area contributed by atoms with Crippen LogP contribution in [0, 0.1) is 6.92 Å². The number of halogens is 1. The quantitative estimate of drug-likeness (QED) is 0.671. The van der Waals surface area contributed by atoms with E-state index in [9.17, 15) is 0 Å². The summed E-state index contributed by atoms with van der Waals surface area (Å²) in [4.78, 5) is 8.16. The van der Waals surface area contributed by atoms with Gasteiger partial charge in [-0.1, -0.05) is 11.6 Å². The van der Waals surface area contributed by atoms with Crippen LogP contribution in [0.5, 0.6) is 0 Å². The molecule has 0 aromatic carbocycles. The van der Waals surface area contributed by atoms with Crippen molar-refractivity contribution in [2.24, 2.45) is 0 Å². The largest absolute Gasteiger partial charge is 0.416 e. The number of hydrogen-bond donors (Lipinski definition) is 0. The number of aromatic nitrogens is 4. The van der Waals surface area contributed by atoms with Crippen molar-refractivity contribution in [2.45, 2.75) is 6.92 Å². The minimum Gasteiger partial charge on any atom is -0.416 e. The van der Waals surface area contributed by atoms with Gasteiger partial charge in [-0.25, -0.2) is 4.98 Å².